The predicted octanol–water partition coefficient (Wildman–Crippen LogP) is 3.40. The fourth-order valence-electron chi connectivity index (χ4n) is 2.25. The van der Waals surface area contributed by atoms with Crippen molar-refractivity contribution in [3.63, 3.8) is 0 Å². The summed E-state index contributed by atoms with van der Waals surface area (Å²) in [7, 11) is -3.71. The van der Waals surface area contributed by atoms with E-state index in [2.05, 4.69) is 9.93 Å². The molecule has 2 aromatic carbocycles. The smallest absolute Gasteiger partial charge is 0.276 e. The number of hydrogen-bond donors (Lipinski definition) is 1. The van der Waals surface area contributed by atoms with E-state index in [1.807, 2.05) is 39.0 Å². The molecule has 0 aliphatic carbocycles. The lowest BCUT2D eigenvalue weighted by Gasteiger charge is -2.09. The molecule has 2 aromatic rings. The van der Waals surface area contributed by atoms with Crippen LogP contribution in [0.1, 0.15) is 30.5 Å². The van der Waals surface area contributed by atoms with Gasteiger partial charge in [0.05, 0.1) is 17.2 Å². The number of sulfonamides is 1. The van der Waals surface area contributed by atoms with Crippen LogP contribution in [0.3, 0.4) is 0 Å². The standard InChI is InChI=1S/C18H22N2O3S/c1-5-23-16-8-10-17(11-9-16)24(21,22)20-19-15(4)18-12-13(2)6-7-14(18)3/h6-12,20H,5H2,1-4H3/b19-15-. The fourth-order valence-corrected chi connectivity index (χ4v) is 3.11. The molecular weight excluding hydrogens is 324 g/mol. The van der Waals surface area contributed by atoms with Crippen molar-refractivity contribution in [1.82, 2.24) is 4.83 Å². The summed E-state index contributed by atoms with van der Waals surface area (Å²) in [6.45, 7) is 8.14. The van der Waals surface area contributed by atoms with Gasteiger partial charge in [0, 0.05) is 5.56 Å². The SMILES string of the molecule is CCOc1ccc(S(=O)(=O)N/N=C(/C)c2cc(C)ccc2C)cc1. The fraction of sp³-hybridized carbons (Fsp3) is 0.278. The monoisotopic (exact) mass is 346 g/mol. The Morgan fingerprint density at radius 1 is 1.12 bits per heavy atom. The lowest BCUT2D eigenvalue weighted by Crippen LogP contribution is -2.20. The Morgan fingerprint density at radius 2 is 1.79 bits per heavy atom. The molecular formula is C18H22N2O3S. The van der Waals surface area contributed by atoms with Crippen molar-refractivity contribution in [2.75, 3.05) is 6.61 Å². The van der Waals surface area contributed by atoms with E-state index < -0.39 is 10.0 Å². The van der Waals surface area contributed by atoms with E-state index in [0.717, 1.165) is 16.7 Å². The largest absolute Gasteiger partial charge is 0.494 e. The van der Waals surface area contributed by atoms with Gasteiger partial charge in [0.2, 0.25) is 0 Å². The second-order valence-electron chi connectivity index (χ2n) is 5.51. The van der Waals surface area contributed by atoms with Crippen molar-refractivity contribution in [2.45, 2.75) is 32.6 Å². The minimum absolute atomic E-state index is 0.142. The average molecular weight is 346 g/mol. The summed E-state index contributed by atoms with van der Waals surface area (Å²) in [4.78, 5) is 2.43. The van der Waals surface area contributed by atoms with Crippen molar-refractivity contribution in [2.24, 2.45) is 5.10 Å². The van der Waals surface area contributed by atoms with Crippen LogP contribution in [-0.2, 0) is 10.0 Å². The first-order valence-corrected chi connectivity index (χ1v) is 9.18. The zero-order valence-electron chi connectivity index (χ0n) is 14.3. The molecule has 0 saturated carbocycles. The van der Waals surface area contributed by atoms with Crippen LogP contribution >= 0.6 is 0 Å². The molecule has 2 rings (SSSR count). The molecule has 5 nitrogen and oxygen atoms in total. The number of nitrogens with one attached hydrogen (secondary N) is 1. The molecule has 0 spiro atoms. The Hall–Kier alpha value is -2.34. The molecule has 0 aromatic heterocycles. The number of hydrazone groups is 1. The average Bonchev–Trinajstić information content (AvgIpc) is 2.56. The van der Waals surface area contributed by atoms with E-state index in [4.69, 9.17) is 4.74 Å². The number of hydrogen-bond acceptors (Lipinski definition) is 4. The van der Waals surface area contributed by atoms with E-state index in [-0.39, 0.29) is 4.90 Å². The molecule has 24 heavy (non-hydrogen) atoms. The van der Waals surface area contributed by atoms with Crippen molar-refractivity contribution in [1.29, 1.82) is 0 Å². The molecule has 0 unspecified atom stereocenters. The first-order valence-electron chi connectivity index (χ1n) is 7.70. The van der Waals surface area contributed by atoms with E-state index >= 15 is 0 Å². The Balaban J connectivity index is 2.20. The molecule has 0 heterocycles. The van der Waals surface area contributed by atoms with Crippen molar-refractivity contribution < 1.29 is 13.2 Å². The molecule has 1 N–H and O–H groups in total. The molecule has 0 aliphatic heterocycles. The Morgan fingerprint density at radius 3 is 2.42 bits per heavy atom. The van der Waals surface area contributed by atoms with Crippen LogP contribution in [0, 0.1) is 13.8 Å². The van der Waals surface area contributed by atoms with Crippen molar-refractivity contribution >= 4 is 15.7 Å². The van der Waals surface area contributed by atoms with Crippen LogP contribution in [0.15, 0.2) is 52.5 Å². The van der Waals surface area contributed by atoms with Gasteiger partial charge in [0.1, 0.15) is 5.75 Å². The minimum atomic E-state index is -3.71. The third-order valence-electron chi connectivity index (χ3n) is 3.56. The van der Waals surface area contributed by atoms with Gasteiger partial charge in [-0.2, -0.15) is 18.4 Å². The van der Waals surface area contributed by atoms with Gasteiger partial charge in [-0.05, 0) is 63.6 Å². The lowest BCUT2D eigenvalue weighted by atomic mass is 10.0. The van der Waals surface area contributed by atoms with Crippen LogP contribution in [0.25, 0.3) is 0 Å². The normalized spacial score (nSPS) is 12.1. The Bertz CT molecular complexity index is 841. The third-order valence-corrected chi connectivity index (χ3v) is 4.79. The highest BCUT2D eigenvalue weighted by Gasteiger charge is 2.13. The summed E-state index contributed by atoms with van der Waals surface area (Å²) in [5.41, 5.74) is 3.68. The van der Waals surface area contributed by atoms with Gasteiger partial charge < -0.3 is 4.74 Å². The number of ether oxygens (including phenoxy) is 1. The Kier molecular flexibility index (Phi) is 5.62. The van der Waals surface area contributed by atoms with Crippen LogP contribution < -0.4 is 9.57 Å². The molecule has 6 heteroatoms. The van der Waals surface area contributed by atoms with Crippen LogP contribution in [0.5, 0.6) is 5.75 Å². The first kappa shape index (κ1) is 18.0. The number of nitrogens with zero attached hydrogens (tertiary/aromatic N) is 1. The summed E-state index contributed by atoms with van der Waals surface area (Å²) < 4.78 is 30.0. The highest BCUT2D eigenvalue weighted by atomic mass is 32.2. The van der Waals surface area contributed by atoms with E-state index in [0.29, 0.717) is 18.1 Å². The van der Waals surface area contributed by atoms with Gasteiger partial charge in [-0.15, -0.1) is 0 Å². The highest BCUT2D eigenvalue weighted by molar-refractivity contribution is 7.89. The Labute approximate surface area is 143 Å². The van der Waals surface area contributed by atoms with Gasteiger partial charge in [0.15, 0.2) is 0 Å². The summed E-state index contributed by atoms with van der Waals surface area (Å²) in [5, 5.41) is 4.05. The molecule has 128 valence electrons. The number of aryl methyl sites for hydroxylation is 2. The topological polar surface area (TPSA) is 67.8 Å². The third kappa shape index (κ3) is 4.35. The van der Waals surface area contributed by atoms with Crippen LogP contribution in [-0.4, -0.2) is 20.7 Å². The molecule has 0 fully saturated rings. The van der Waals surface area contributed by atoms with Gasteiger partial charge in [-0.3, -0.25) is 0 Å². The number of benzene rings is 2. The summed E-state index contributed by atoms with van der Waals surface area (Å²) in [6.07, 6.45) is 0. The quantitative estimate of drug-likeness (QED) is 0.644. The van der Waals surface area contributed by atoms with E-state index in [1.165, 1.54) is 12.1 Å². The summed E-state index contributed by atoms with van der Waals surface area (Å²) >= 11 is 0. The van der Waals surface area contributed by atoms with Gasteiger partial charge in [0.25, 0.3) is 10.0 Å². The minimum Gasteiger partial charge on any atom is -0.494 e. The second-order valence-corrected chi connectivity index (χ2v) is 7.18. The molecule has 0 radical (unpaired) electrons. The van der Waals surface area contributed by atoms with Gasteiger partial charge in [-0.25, -0.2) is 0 Å². The molecule has 0 bridgehead atoms. The highest BCUT2D eigenvalue weighted by Crippen LogP contribution is 2.16. The molecule has 0 atom stereocenters. The number of rotatable bonds is 6. The predicted molar refractivity (Wildman–Crippen MR) is 96.1 cm³/mol. The molecule has 0 saturated heterocycles. The maximum Gasteiger partial charge on any atom is 0.276 e. The van der Waals surface area contributed by atoms with Gasteiger partial charge in [-0.1, -0.05) is 17.7 Å². The van der Waals surface area contributed by atoms with Crippen molar-refractivity contribution in [3.05, 3.63) is 59.2 Å². The van der Waals surface area contributed by atoms with E-state index in [9.17, 15) is 8.42 Å². The maximum atomic E-state index is 12.3. The maximum absolute atomic E-state index is 12.3. The van der Waals surface area contributed by atoms with Gasteiger partial charge >= 0.3 is 0 Å². The zero-order valence-corrected chi connectivity index (χ0v) is 15.1. The van der Waals surface area contributed by atoms with Crippen LogP contribution in [0.4, 0.5) is 0 Å². The first-order chi connectivity index (χ1) is 11.3. The second kappa shape index (κ2) is 7.49. The van der Waals surface area contributed by atoms with Crippen molar-refractivity contribution in [3.8, 4) is 5.75 Å². The van der Waals surface area contributed by atoms with E-state index in [1.54, 1.807) is 19.1 Å². The lowest BCUT2D eigenvalue weighted by molar-refractivity contribution is 0.340. The van der Waals surface area contributed by atoms with Crippen LogP contribution in [0.2, 0.25) is 0 Å². The summed E-state index contributed by atoms with van der Waals surface area (Å²) in [6, 6.07) is 12.2. The summed E-state index contributed by atoms with van der Waals surface area (Å²) in [5.74, 6) is 0.631. The molecule has 0 aliphatic rings. The molecule has 0 amide bonds. The zero-order chi connectivity index (χ0) is 17.7.